The minimum Gasteiger partial charge on any atom is -0.444 e. The standard InChI is InChI=1S/C16H21BrFN3O4S/c1-9-6-10(12(18)7-11(9)17)13-8-26(23,24)21(5)14(19-13)20-15(22)25-16(2,3)4/h6-7,13H,8H2,1-5H3,(H,19,20,22)/t13-/m0/s1. The lowest BCUT2D eigenvalue weighted by atomic mass is 10.1. The van der Waals surface area contributed by atoms with Crippen LogP contribution in [-0.2, 0) is 14.8 Å². The number of sulfonamides is 1. The SMILES string of the molecule is Cc1cc([C@@H]2CS(=O)(=O)N(C)C(NC(=O)OC(C)(C)C)=N2)c(F)cc1Br. The monoisotopic (exact) mass is 449 g/mol. The number of hydrogen-bond donors (Lipinski definition) is 1. The lowest BCUT2D eigenvalue weighted by molar-refractivity contribution is 0.0559. The zero-order valence-corrected chi connectivity index (χ0v) is 17.5. The summed E-state index contributed by atoms with van der Waals surface area (Å²) in [6.45, 7) is 6.80. The fraction of sp³-hybridized carbons (Fsp3) is 0.500. The number of carbonyl (C=O) groups is 1. The summed E-state index contributed by atoms with van der Waals surface area (Å²) in [6, 6.07) is 1.83. The summed E-state index contributed by atoms with van der Waals surface area (Å²) in [4.78, 5) is 16.2. The number of aliphatic imine (C=N–C) groups is 1. The third-order valence-electron chi connectivity index (χ3n) is 3.61. The number of nitrogens with one attached hydrogen (secondary N) is 1. The maximum Gasteiger partial charge on any atom is 0.414 e. The van der Waals surface area contributed by atoms with Crippen molar-refractivity contribution in [1.82, 2.24) is 9.62 Å². The van der Waals surface area contributed by atoms with Gasteiger partial charge in [-0.1, -0.05) is 15.9 Å². The molecule has 0 fully saturated rings. The molecule has 0 aromatic heterocycles. The first-order valence-electron chi connectivity index (χ1n) is 7.80. The zero-order chi connectivity index (χ0) is 19.9. The quantitative estimate of drug-likeness (QED) is 0.713. The van der Waals surface area contributed by atoms with Crippen LogP contribution in [0.25, 0.3) is 0 Å². The van der Waals surface area contributed by atoms with Gasteiger partial charge < -0.3 is 4.74 Å². The molecule has 1 amide bonds. The molecule has 1 atom stereocenters. The molecule has 144 valence electrons. The number of halogens is 2. The third-order valence-corrected chi connectivity index (χ3v) is 6.21. The van der Waals surface area contributed by atoms with Crippen molar-refractivity contribution < 1.29 is 22.3 Å². The van der Waals surface area contributed by atoms with Crippen LogP contribution in [0.5, 0.6) is 0 Å². The Hall–Kier alpha value is -1.68. The van der Waals surface area contributed by atoms with Gasteiger partial charge in [0.05, 0.1) is 11.8 Å². The molecule has 1 heterocycles. The maximum absolute atomic E-state index is 14.4. The van der Waals surface area contributed by atoms with Crippen LogP contribution in [0.15, 0.2) is 21.6 Å². The summed E-state index contributed by atoms with van der Waals surface area (Å²) in [7, 11) is -2.51. The van der Waals surface area contributed by atoms with Crippen molar-refractivity contribution >= 4 is 38.0 Å². The van der Waals surface area contributed by atoms with E-state index in [2.05, 4.69) is 26.2 Å². The topological polar surface area (TPSA) is 88.1 Å². The summed E-state index contributed by atoms with van der Waals surface area (Å²) in [6.07, 6.45) is -0.841. The molecule has 1 aliphatic heterocycles. The molecule has 10 heteroatoms. The number of nitrogens with zero attached hydrogens (tertiary/aromatic N) is 2. The van der Waals surface area contributed by atoms with Crippen molar-refractivity contribution in [3.05, 3.63) is 33.5 Å². The Morgan fingerprint density at radius 1 is 1.42 bits per heavy atom. The lowest BCUT2D eigenvalue weighted by Crippen LogP contribution is -2.50. The third kappa shape index (κ3) is 4.73. The normalized spacial score (nSPS) is 19.7. The van der Waals surface area contributed by atoms with Gasteiger partial charge in [0.1, 0.15) is 11.4 Å². The van der Waals surface area contributed by atoms with Crippen LogP contribution >= 0.6 is 15.9 Å². The van der Waals surface area contributed by atoms with E-state index >= 15 is 0 Å². The molecule has 26 heavy (non-hydrogen) atoms. The van der Waals surface area contributed by atoms with E-state index in [1.807, 2.05) is 0 Å². The van der Waals surface area contributed by atoms with E-state index in [4.69, 9.17) is 4.74 Å². The fourth-order valence-electron chi connectivity index (χ4n) is 2.31. The van der Waals surface area contributed by atoms with Crippen molar-refractivity contribution in [3.8, 4) is 0 Å². The van der Waals surface area contributed by atoms with Crippen LogP contribution in [-0.4, -0.2) is 43.2 Å². The van der Waals surface area contributed by atoms with Gasteiger partial charge >= 0.3 is 6.09 Å². The molecule has 0 aliphatic carbocycles. The molecular formula is C16H21BrFN3O4S. The smallest absolute Gasteiger partial charge is 0.414 e. The number of alkyl carbamates (subject to hydrolysis) is 1. The molecule has 2 rings (SSSR count). The Balaban J connectivity index is 2.41. The van der Waals surface area contributed by atoms with Crippen LogP contribution in [0.4, 0.5) is 9.18 Å². The minimum atomic E-state index is -3.78. The highest BCUT2D eigenvalue weighted by molar-refractivity contribution is 9.10. The maximum atomic E-state index is 14.4. The molecule has 0 unspecified atom stereocenters. The molecule has 0 saturated carbocycles. The molecule has 1 N–H and O–H groups in total. The van der Waals surface area contributed by atoms with Gasteiger partial charge in [-0.15, -0.1) is 0 Å². The van der Waals surface area contributed by atoms with Crippen LogP contribution in [0.2, 0.25) is 0 Å². The summed E-state index contributed by atoms with van der Waals surface area (Å²) in [5.41, 5.74) is 0.130. The summed E-state index contributed by atoms with van der Waals surface area (Å²) in [5, 5.41) is 2.33. The van der Waals surface area contributed by atoms with Gasteiger partial charge in [-0.25, -0.2) is 26.9 Å². The van der Waals surface area contributed by atoms with Crippen LogP contribution in [0, 0.1) is 12.7 Å². The first kappa shape index (κ1) is 20.6. The molecular weight excluding hydrogens is 429 g/mol. The van der Waals surface area contributed by atoms with Crippen molar-refractivity contribution in [3.63, 3.8) is 0 Å². The van der Waals surface area contributed by atoms with Crippen molar-refractivity contribution in [2.45, 2.75) is 39.3 Å². The van der Waals surface area contributed by atoms with E-state index < -0.39 is 39.3 Å². The second kappa shape index (κ2) is 7.15. The van der Waals surface area contributed by atoms with Gasteiger partial charge in [0, 0.05) is 17.1 Å². The lowest BCUT2D eigenvalue weighted by Gasteiger charge is -2.30. The van der Waals surface area contributed by atoms with Crippen LogP contribution in [0.1, 0.15) is 37.9 Å². The first-order chi connectivity index (χ1) is 11.8. The number of ether oxygens (including phenoxy) is 1. The Kier molecular flexibility index (Phi) is 5.67. The molecule has 0 saturated heterocycles. The average molecular weight is 450 g/mol. The van der Waals surface area contributed by atoms with E-state index in [1.165, 1.54) is 13.1 Å². The first-order valence-corrected chi connectivity index (χ1v) is 10.2. The molecule has 7 nitrogen and oxygen atoms in total. The molecule has 1 aromatic rings. The van der Waals surface area contributed by atoms with Gasteiger partial charge in [-0.05, 0) is 45.4 Å². The van der Waals surface area contributed by atoms with E-state index in [-0.39, 0.29) is 11.5 Å². The number of benzene rings is 1. The number of guanidine groups is 1. The number of rotatable bonds is 1. The van der Waals surface area contributed by atoms with Crippen molar-refractivity contribution in [2.24, 2.45) is 4.99 Å². The Morgan fingerprint density at radius 3 is 2.62 bits per heavy atom. The van der Waals surface area contributed by atoms with E-state index in [1.54, 1.807) is 33.8 Å². The minimum absolute atomic E-state index is 0.144. The number of hydrogen-bond acceptors (Lipinski definition) is 5. The van der Waals surface area contributed by atoms with Gasteiger partial charge in [0.2, 0.25) is 16.0 Å². The number of carbonyl (C=O) groups excluding carboxylic acids is 1. The van der Waals surface area contributed by atoms with Gasteiger partial charge in [-0.3, -0.25) is 5.32 Å². The molecule has 0 spiro atoms. The number of aryl methyl sites for hydroxylation is 1. The Morgan fingerprint density at radius 2 is 2.04 bits per heavy atom. The second-order valence-electron chi connectivity index (χ2n) is 6.96. The predicted octanol–water partition coefficient (Wildman–Crippen LogP) is 3.09. The van der Waals surface area contributed by atoms with Gasteiger partial charge in [0.25, 0.3) is 0 Å². The highest BCUT2D eigenvalue weighted by Gasteiger charge is 2.35. The van der Waals surface area contributed by atoms with E-state index in [9.17, 15) is 17.6 Å². The Labute approximate surface area is 160 Å². The van der Waals surface area contributed by atoms with Gasteiger partial charge in [-0.2, -0.15) is 0 Å². The van der Waals surface area contributed by atoms with Gasteiger partial charge in [0.15, 0.2) is 0 Å². The summed E-state index contributed by atoms with van der Waals surface area (Å²) >= 11 is 3.23. The summed E-state index contributed by atoms with van der Waals surface area (Å²) < 4.78 is 45.8. The Bertz CT molecular complexity index is 865. The van der Waals surface area contributed by atoms with Crippen molar-refractivity contribution in [2.75, 3.05) is 12.8 Å². The fourth-order valence-corrected chi connectivity index (χ4v) is 3.86. The average Bonchev–Trinajstić information content (AvgIpc) is 2.45. The molecule has 0 bridgehead atoms. The summed E-state index contributed by atoms with van der Waals surface area (Å²) in [5.74, 6) is -1.19. The van der Waals surface area contributed by atoms with E-state index in [0.717, 1.165) is 9.87 Å². The molecule has 1 aromatic carbocycles. The van der Waals surface area contributed by atoms with Crippen LogP contribution in [0.3, 0.4) is 0 Å². The van der Waals surface area contributed by atoms with Crippen LogP contribution < -0.4 is 5.32 Å². The predicted molar refractivity (Wildman–Crippen MR) is 99.9 cm³/mol. The highest BCUT2D eigenvalue weighted by atomic mass is 79.9. The second-order valence-corrected chi connectivity index (χ2v) is 9.86. The van der Waals surface area contributed by atoms with E-state index in [0.29, 0.717) is 4.47 Å². The van der Waals surface area contributed by atoms with Crippen molar-refractivity contribution in [1.29, 1.82) is 0 Å². The largest absolute Gasteiger partial charge is 0.444 e. The molecule has 0 radical (unpaired) electrons. The molecule has 1 aliphatic rings. The highest BCUT2D eigenvalue weighted by Crippen LogP contribution is 2.30. The zero-order valence-electron chi connectivity index (χ0n) is 15.1. The number of amides is 1.